The van der Waals surface area contributed by atoms with Crippen LogP contribution in [0.4, 0.5) is 11.4 Å². The molecule has 0 N–H and O–H groups in total. The Kier molecular flexibility index (Phi) is 29.4. The molecule has 10 heteroatoms. The number of nitrogens with zero attached hydrogens (tertiary/aromatic N) is 4. The van der Waals surface area contributed by atoms with E-state index in [-0.39, 0.29) is 16.5 Å². The number of hydrogen-bond acceptors (Lipinski definition) is 4. The van der Waals surface area contributed by atoms with Crippen LogP contribution >= 0.6 is 38.8 Å². The summed E-state index contributed by atoms with van der Waals surface area (Å²) < 4.78 is 4.07. The molecule has 1 aliphatic carbocycles. The molecule has 1 unspecified atom stereocenters. The van der Waals surface area contributed by atoms with Crippen molar-refractivity contribution in [1.29, 1.82) is 0 Å². The standard InChI is InChI=1S/C23H30N.2C22H21N.C21H32N.4ClH.2Ru/c1-6-18-12-11-13-19(7-2)21(18)24-17-23(5,16-22(24,3)4)20-14-9-8-10-15-20;2*1-19-10-8-9-15-22(19)18-23(16-20-11-4-2-5-12-20)17-21-13-6-3-7-14-21;1-5-17-11-10-12-18(6-2)19(17)22-16-21(15-20(22,3)4)13-8-7-9-14-21;;;;;;/h8-15,17H,6-7,16H2,1-5H3;2*1-15H,16-18H2;10-12,16H,5-9,13-15H2,1-4H3;4*1H;;/q-1;;;-1;;;;;2*+2/p-4. The van der Waals surface area contributed by atoms with Crippen LogP contribution in [0.25, 0.3) is 0 Å². The summed E-state index contributed by atoms with van der Waals surface area (Å²) in [5.74, 6) is 0. The predicted octanol–water partition coefficient (Wildman–Crippen LogP) is 23.8. The molecule has 0 radical (unpaired) electrons. The van der Waals surface area contributed by atoms with Crippen molar-refractivity contribution in [1.82, 2.24) is 9.80 Å². The van der Waals surface area contributed by atoms with E-state index >= 15 is 0 Å². The Morgan fingerprint density at radius 3 is 1.01 bits per heavy atom. The Balaban J connectivity index is 0.000000153. The maximum absolute atomic E-state index is 6.12. The van der Waals surface area contributed by atoms with Gasteiger partial charge in [0.25, 0.3) is 0 Å². The van der Waals surface area contributed by atoms with E-state index in [0.29, 0.717) is 5.41 Å². The summed E-state index contributed by atoms with van der Waals surface area (Å²) in [6.07, 6.45) is 13.9. The van der Waals surface area contributed by atoms with Crippen LogP contribution in [-0.4, -0.2) is 30.1 Å². The van der Waals surface area contributed by atoms with Gasteiger partial charge in [-0.15, -0.1) is 10.8 Å². The molecule has 9 aromatic carbocycles. The van der Waals surface area contributed by atoms with E-state index in [4.69, 9.17) is 38.8 Å². The Labute approximate surface area is 616 Å². The fraction of sp³-hybridized carbons (Fsp3) is 0.341. The molecule has 0 amide bonds. The second kappa shape index (κ2) is 37.5. The Morgan fingerprint density at radius 2 is 0.663 bits per heavy atom. The summed E-state index contributed by atoms with van der Waals surface area (Å²) in [6.45, 7) is 31.5. The zero-order valence-corrected chi connectivity index (χ0v) is 65.9. The van der Waals surface area contributed by atoms with Gasteiger partial charge in [0.15, 0.2) is 0 Å². The molecule has 2 heterocycles. The number of hydrogen-bond donors (Lipinski definition) is 0. The molecule has 3 fully saturated rings. The normalized spacial score (nSPS) is 16.8. The first-order chi connectivity index (χ1) is 47.3. The molecule has 4 nitrogen and oxygen atoms in total. The fourth-order valence-electron chi connectivity index (χ4n) is 15.2. The van der Waals surface area contributed by atoms with Gasteiger partial charge in [0.05, 0.1) is 0 Å². The van der Waals surface area contributed by atoms with Crippen molar-refractivity contribution in [3.8, 4) is 0 Å². The van der Waals surface area contributed by atoms with E-state index in [1.165, 1.54) is 111 Å². The first-order valence-corrected chi connectivity index (χ1v) is 46.3. The first-order valence-electron chi connectivity index (χ1n) is 35.3. The Morgan fingerprint density at radius 1 is 0.357 bits per heavy atom. The third-order valence-electron chi connectivity index (χ3n) is 19.7. The van der Waals surface area contributed by atoms with Crippen molar-refractivity contribution >= 4 is 59.4 Å². The van der Waals surface area contributed by atoms with E-state index in [0.717, 1.165) is 82.5 Å². The van der Waals surface area contributed by atoms with Crippen molar-refractivity contribution in [2.45, 2.75) is 189 Å². The molecule has 2 saturated heterocycles. The van der Waals surface area contributed by atoms with E-state index in [1.807, 2.05) is 21.4 Å². The molecule has 2 aliphatic heterocycles. The quantitative estimate of drug-likeness (QED) is 0.0525. The van der Waals surface area contributed by atoms with Gasteiger partial charge in [0.1, 0.15) is 0 Å². The number of anilines is 2. The van der Waals surface area contributed by atoms with Gasteiger partial charge in [-0.05, 0) is 82.1 Å². The van der Waals surface area contributed by atoms with Crippen molar-refractivity contribution < 1.29 is 27.0 Å². The number of halogens is 4. The van der Waals surface area contributed by atoms with Crippen molar-refractivity contribution in [3.05, 3.63) is 322 Å². The fourth-order valence-corrected chi connectivity index (χ4v) is 18.9. The van der Waals surface area contributed by atoms with E-state index in [9.17, 15) is 0 Å². The molecule has 9 aromatic rings. The van der Waals surface area contributed by atoms with Gasteiger partial charge in [-0.1, -0.05) is 145 Å². The third-order valence-corrected chi connectivity index (χ3v) is 23.3. The van der Waals surface area contributed by atoms with Crippen molar-refractivity contribution in [2.24, 2.45) is 5.41 Å². The monoisotopic (exact) mass is 1560 g/mol. The molecule has 1 saturated carbocycles. The van der Waals surface area contributed by atoms with Gasteiger partial charge in [0, 0.05) is 22.5 Å². The molecular weight excluding hydrogens is 1460 g/mol. The average molecular weight is 1560 g/mol. The Hall–Kier alpha value is -5.35. The summed E-state index contributed by atoms with van der Waals surface area (Å²) in [4.78, 5) is 10.1. The molecule has 522 valence electrons. The van der Waals surface area contributed by atoms with Crippen LogP contribution in [0.3, 0.4) is 0 Å². The average Bonchev–Trinajstić information content (AvgIpc) is 1.60. The van der Waals surface area contributed by atoms with Crippen molar-refractivity contribution in [3.63, 3.8) is 0 Å². The van der Waals surface area contributed by atoms with Crippen LogP contribution in [-0.2, 0) is 97.4 Å². The summed E-state index contributed by atoms with van der Waals surface area (Å²) in [5, 5.41) is 0. The van der Waals surface area contributed by atoms with Crippen LogP contribution in [0.1, 0.15) is 180 Å². The van der Waals surface area contributed by atoms with Crippen LogP contribution in [0.5, 0.6) is 0 Å². The number of benzene rings is 9. The van der Waals surface area contributed by atoms with Gasteiger partial charge in [-0.2, -0.15) is 0 Å². The van der Waals surface area contributed by atoms with E-state index < -0.39 is 27.0 Å². The second-order valence-corrected chi connectivity index (χ2v) is 39.6. The second-order valence-electron chi connectivity index (χ2n) is 28.2. The molecule has 3 aliphatic rings. The third kappa shape index (κ3) is 21.8. The first kappa shape index (κ1) is 76.8. The SMILES string of the molecule is CCc1cccc(CC)c1N1[CH-]C(C)(c2ccccc2)CC1(C)C.CCc1cccc(CC)c1N1[CH-]C2(CCCCC2)CC1(C)C.[Cl][Ru]([Cl])=[CH]c1ccccc1CN(Cc1ccccc1)Cc1ccccc1.[Cl][Ru]([Cl])=[CH]c1ccccc1CN(Cc1ccccc1)Cc1ccccc1. The van der Waals surface area contributed by atoms with Gasteiger partial charge >= 0.3 is 338 Å². The minimum atomic E-state index is -1.85. The Bertz CT molecular complexity index is 3670. The molecule has 12 rings (SSSR count). The molecule has 1 spiro atoms. The molecule has 0 bridgehead atoms. The molecule has 1 atom stereocenters. The van der Waals surface area contributed by atoms with Gasteiger partial charge in [0.2, 0.25) is 0 Å². The van der Waals surface area contributed by atoms with Gasteiger partial charge < -0.3 is 9.80 Å². The van der Waals surface area contributed by atoms with Crippen molar-refractivity contribution in [2.75, 3.05) is 9.80 Å². The van der Waals surface area contributed by atoms with Crippen LogP contribution in [0, 0.1) is 18.5 Å². The zero-order valence-electron chi connectivity index (χ0n) is 59.4. The topological polar surface area (TPSA) is 13.0 Å². The summed E-state index contributed by atoms with van der Waals surface area (Å²) >= 11 is -3.70. The van der Waals surface area contributed by atoms with Gasteiger partial charge in [-0.3, -0.25) is 0 Å². The predicted molar refractivity (Wildman–Crippen MR) is 419 cm³/mol. The van der Waals surface area contributed by atoms with Gasteiger partial charge in [-0.25, -0.2) is 13.1 Å². The summed E-state index contributed by atoms with van der Waals surface area (Å²) in [6, 6.07) is 83.8. The van der Waals surface area contributed by atoms with Crippen LogP contribution in [0.2, 0.25) is 0 Å². The number of rotatable bonds is 21. The zero-order chi connectivity index (χ0) is 69.6. The van der Waals surface area contributed by atoms with E-state index in [2.05, 4.69) is 319 Å². The minimum absolute atomic E-state index is 0.0800. The molecule has 0 aromatic heterocycles. The number of para-hydroxylation sites is 2. The summed E-state index contributed by atoms with van der Waals surface area (Å²) in [5.41, 5.74) is 21.3. The maximum atomic E-state index is 6.12. The number of aryl methyl sites for hydroxylation is 4. The molecule has 98 heavy (non-hydrogen) atoms. The van der Waals surface area contributed by atoms with Crippen LogP contribution < -0.4 is 9.80 Å². The van der Waals surface area contributed by atoms with E-state index in [1.54, 1.807) is 0 Å². The molecular formula is C88H104Cl4N4Ru2-2. The van der Waals surface area contributed by atoms with Crippen LogP contribution in [0.15, 0.2) is 237 Å². The summed E-state index contributed by atoms with van der Waals surface area (Å²) in [7, 11) is 24.5.